The lowest BCUT2D eigenvalue weighted by Gasteiger charge is -2.35. The Kier molecular flexibility index (Phi) is 6.79. The monoisotopic (exact) mass is 412 g/mol. The normalized spacial score (nSPS) is 14.2. The minimum Gasteiger partial charge on any atom is -0.465 e. The lowest BCUT2D eigenvalue weighted by atomic mass is 10.1. The van der Waals surface area contributed by atoms with Gasteiger partial charge in [-0.25, -0.2) is 4.79 Å². The van der Waals surface area contributed by atoms with Gasteiger partial charge in [-0.3, -0.25) is 10.1 Å². The number of thiocarbonyl (C=S) groups is 1. The maximum Gasteiger partial charge on any atom is 0.337 e. The molecule has 0 atom stereocenters. The maximum absolute atomic E-state index is 12.4. The number of carbonyl (C=O) groups excluding carboxylic acids is 2. The van der Waals surface area contributed by atoms with Gasteiger partial charge in [-0.2, -0.15) is 0 Å². The van der Waals surface area contributed by atoms with Crippen LogP contribution in [0.15, 0.2) is 48.5 Å². The molecule has 0 saturated carbocycles. The molecule has 0 aliphatic carbocycles. The topological polar surface area (TPSA) is 73.9 Å². The predicted molar refractivity (Wildman–Crippen MR) is 118 cm³/mol. The summed E-state index contributed by atoms with van der Waals surface area (Å²) in [5.41, 5.74) is 2.49. The number of rotatable bonds is 4. The Morgan fingerprint density at radius 1 is 1.00 bits per heavy atom. The van der Waals surface area contributed by atoms with Crippen LogP contribution in [0.2, 0.25) is 0 Å². The van der Waals surface area contributed by atoms with Crippen LogP contribution in [0, 0.1) is 0 Å². The van der Waals surface area contributed by atoms with Crippen LogP contribution in [0.3, 0.4) is 0 Å². The lowest BCUT2D eigenvalue weighted by molar-refractivity contribution is 0.0600. The Bertz CT molecular complexity index is 896. The number of likely N-dealkylation sites (N-methyl/N-ethyl adjacent to an activating group) is 1. The largest absolute Gasteiger partial charge is 0.465 e. The van der Waals surface area contributed by atoms with E-state index in [2.05, 4.69) is 27.5 Å². The van der Waals surface area contributed by atoms with Gasteiger partial charge in [0.1, 0.15) is 0 Å². The zero-order valence-corrected chi connectivity index (χ0v) is 17.3. The number of hydrogen-bond acceptors (Lipinski definition) is 6. The van der Waals surface area contributed by atoms with Crippen molar-refractivity contribution in [1.29, 1.82) is 0 Å². The smallest absolute Gasteiger partial charge is 0.337 e. The third-order valence-electron chi connectivity index (χ3n) is 4.77. The van der Waals surface area contributed by atoms with Gasteiger partial charge >= 0.3 is 5.97 Å². The molecule has 1 saturated heterocycles. The molecule has 29 heavy (non-hydrogen) atoms. The Hall–Kier alpha value is -2.97. The molecule has 1 heterocycles. The second-order valence-corrected chi connectivity index (χ2v) is 7.20. The van der Waals surface area contributed by atoms with Crippen LogP contribution >= 0.6 is 12.2 Å². The van der Waals surface area contributed by atoms with Gasteiger partial charge in [0.15, 0.2) is 5.11 Å². The molecular weight excluding hydrogens is 388 g/mol. The van der Waals surface area contributed by atoms with E-state index in [9.17, 15) is 9.59 Å². The van der Waals surface area contributed by atoms with Gasteiger partial charge in [-0.1, -0.05) is 18.2 Å². The van der Waals surface area contributed by atoms with E-state index >= 15 is 0 Å². The first-order valence-electron chi connectivity index (χ1n) is 9.31. The third kappa shape index (κ3) is 5.30. The molecule has 2 N–H and O–H groups in total. The highest BCUT2D eigenvalue weighted by Gasteiger charge is 2.20. The van der Waals surface area contributed by atoms with E-state index in [4.69, 9.17) is 17.0 Å². The number of nitrogens with zero attached hydrogens (tertiary/aromatic N) is 2. The van der Waals surface area contributed by atoms with E-state index in [0.717, 1.165) is 31.9 Å². The van der Waals surface area contributed by atoms with Crippen molar-refractivity contribution < 1.29 is 14.3 Å². The highest BCUT2D eigenvalue weighted by Crippen LogP contribution is 2.28. The molecule has 1 aliphatic rings. The highest BCUT2D eigenvalue weighted by molar-refractivity contribution is 7.80. The fourth-order valence-electron chi connectivity index (χ4n) is 3.12. The fraction of sp³-hybridized carbons (Fsp3) is 0.286. The van der Waals surface area contributed by atoms with Crippen molar-refractivity contribution >= 4 is 40.6 Å². The van der Waals surface area contributed by atoms with Gasteiger partial charge in [0.2, 0.25) is 0 Å². The van der Waals surface area contributed by atoms with Crippen LogP contribution in [-0.2, 0) is 4.74 Å². The van der Waals surface area contributed by atoms with E-state index < -0.39 is 5.97 Å². The zero-order chi connectivity index (χ0) is 20.8. The first-order valence-corrected chi connectivity index (χ1v) is 9.72. The fourth-order valence-corrected chi connectivity index (χ4v) is 3.33. The summed E-state index contributed by atoms with van der Waals surface area (Å²) in [7, 11) is 3.43. The Morgan fingerprint density at radius 2 is 1.69 bits per heavy atom. The molecule has 152 valence electrons. The molecule has 0 radical (unpaired) electrons. The molecule has 7 nitrogen and oxygen atoms in total. The highest BCUT2D eigenvalue weighted by atomic mass is 32.1. The molecule has 2 aromatic rings. The number of piperazine rings is 1. The van der Waals surface area contributed by atoms with Gasteiger partial charge in [0.05, 0.1) is 24.0 Å². The number of methoxy groups -OCH3 is 1. The summed E-state index contributed by atoms with van der Waals surface area (Å²) < 4.78 is 4.83. The molecule has 1 amide bonds. The molecule has 0 unspecified atom stereocenters. The van der Waals surface area contributed by atoms with Crippen LogP contribution in [0.5, 0.6) is 0 Å². The Balaban J connectivity index is 1.80. The third-order valence-corrected chi connectivity index (χ3v) is 4.98. The van der Waals surface area contributed by atoms with Crippen LogP contribution in [0.25, 0.3) is 0 Å². The molecule has 8 heteroatoms. The van der Waals surface area contributed by atoms with Crippen LogP contribution in [-0.4, -0.2) is 62.2 Å². The summed E-state index contributed by atoms with van der Waals surface area (Å²) in [6, 6.07) is 14.1. The molecule has 2 aromatic carbocycles. The summed E-state index contributed by atoms with van der Waals surface area (Å²) >= 11 is 5.34. The number of esters is 1. The van der Waals surface area contributed by atoms with E-state index in [1.54, 1.807) is 36.4 Å². The van der Waals surface area contributed by atoms with E-state index in [1.807, 2.05) is 12.1 Å². The number of ether oxygens (including phenoxy) is 1. The van der Waals surface area contributed by atoms with Gasteiger partial charge in [-0.05, 0) is 49.6 Å². The molecule has 1 aliphatic heterocycles. The van der Waals surface area contributed by atoms with Crippen molar-refractivity contribution in [3.63, 3.8) is 0 Å². The number of carbonyl (C=O) groups is 2. The average Bonchev–Trinajstić information content (AvgIpc) is 2.74. The number of nitrogens with one attached hydrogen (secondary N) is 2. The predicted octanol–water partition coefficient (Wildman–Crippen LogP) is 2.35. The van der Waals surface area contributed by atoms with Gasteiger partial charge in [0, 0.05) is 31.7 Å². The summed E-state index contributed by atoms with van der Waals surface area (Å²) in [4.78, 5) is 28.8. The zero-order valence-electron chi connectivity index (χ0n) is 16.5. The maximum atomic E-state index is 12.4. The second kappa shape index (κ2) is 9.49. The van der Waals surface area contributed by atoms with Crippen LogP contribution < -0.4 is 15.5 Å². The van der Waals surface area contributed by atoms with Gasteiger partial charge < -0.3 is 19.9 Å². The minimum absolute atomic E-state index is 0.163. The molecule has 0 bridgehead atoms. The van der Waals surface area contributed by atoms with Crippen LogP contribution in [0.1, 0.15) is 20.7 Å². The number of amides is 1. The number of anilines is 2. The first-order chi connectivity index (χ1) is 14.0. The first kappa shape index (κ1) is 20.8. The van der Waals surface area contributed by atoms with Crippen LogP contribution in [0.4, 0.5) is 11.4 Å². The molecule has 1 fully saturated rings. The quantitative estimate of drug-likeness (QED) is 0.590. The average molecular weight is 413 g/mol. The van der Waals surface area contributed by atoms with Gasteiger partial charge in [-0.15, -0.1) is 0 Å². The van der Waals surface area contributed by atoms with E-state index in [0.29, 0.717) is 16.8 Å². The summed E-state index contributed by atoms with van der Waals surface area (Å²) in [5.74, 6) is -0.731. The molecule has 3 rings (SSSR count). The molecular formula is C21H24N4O3S. The minimum atomic E-state index is -0.433. The molecule has 0 spiro atoms. The SMILES string of the molecule is COC(=O)c1ccc(N2CCN(C)CC2)c(NC(=S)NC(=O)c2ccccc2)c1. The van der Waals surface area contributed by atoms with Crippen molar-refractivity contribution in [2.24, 2.45) is 0 Å². The standard InChI is InChI=1S/C21H24N4O3S/c1-24-10-12-25(13-11-24)18-9-8-16(20(27)28-2)14-17(18)22-21(29)23-19(26)15-6-4-3-5-7-15/h3-9,14H,10-13H2,1-2H3,(H2,22,23,26,29). The van der Waals surface area contributed by atoms with E-state index in [1.165, 1.54) is 7.11 Å². The number of benzene rings is 2. The van der Waals surface area contributed by atoms with Crippen molar-refractivity contribution in [2.45, 2.75) is 0 Å². The van der Waals surface area contributed by atoms with E-state index in [-0.39, 0.29) is 11.0 Å². The summed E-state index contributed by atoms with van der Waals surface area (Å²) in [6.07, 6.45) is 0. The van der Waals surface area contributed by atoms with Crippen molar-refractivity contribution in [3.8, 4) is 0 Å². The van der Waals surface area contributed by atoms with Gasteiger partial charge in [0.25, 0.3) is 5.91 Å². The van der Waals surface area contributed by atoms with Crippen molar-refractivity contribution in [2.75, 3.05) is 50.6 Å². The van der Waals surface area contributed by atoms with Crippen molar-refractivity contribution in [1.82, 2.24) is 10.2 Å². The summed E-state index contributed by atoms with van der Waals surface area (Å²) in [5, 5.41) is 5.92. The Labute approximate surface area is 175 Å². The lowest BCUT2D eigenvalue weighted by Crippen LogP contribution is -2.45. The molecule has 0 aromatic heterocycles. The Morgan fingerprint density at radius 3 is 2.34 bits per heavy atom. The second-order valence-electron chi connectivity index (χ2n) is 6.79. The van der Waals surface area contributed by atoms with Crippen molar-refractivity contribution in [3.05, 3.63) is 59.7 Å². The summed E-state index contributed by atoms with van der Waals surface area (Å²) in [6.45, 7) is 3.58. The number of hydrogen-bond donors (Lipinski definition) is 2.